The molecule has 1 saturated carbocycles. The van der Waals surface area contributed by atoms with E-state index in [2.05, 4.69) is 10.6 Å². The van der Waals surface area contributed by atoms with Gasteiger partial charge in [0.1, 0.15) is 0 Å². The molecule has 0 spiro atoms. The van der Waals surface area contributed by atoms with Crippen molar-refractivity contribution in [2.24, 2.45) is 0 Å². The van der Waals surface area contributed by atoms with E-state index in [4.69, 9.17) is 4.74 Å². The number of carbonyl (C=O) groups is 2. The lowest BCUT2D eigenvalue weighted by Crippen LogP contribution is -2.55. The molecule has 1 aliphatic heterocycles. The minimum Gasteiger partial charge on any atom is -0.378 e. The second-order valence-corrected chi connectivity index (χ2v) is 4.76. The highest BCUT2D eigenvalue weighted by molar-refractivity contribution is 6.35. The Morgan fingerprint density at radius 1 is 1.33 bits per heavy atom. The molecule has 1 saturated heterocycles. The van der Waals surface area contributed by atoms with E-state index in [0.717, 1.165) is 25.9 Å². The first-order chi connectivity index (χ1) is 8.70. The molecule has 1 aliphatic carbocycles. The van der Waals surface area contributed by atoms with Crippen LogP contribution in [0.15, 0.2) is 0 Å². The van der Waals surface area contributed by atoms with E-state index in [1.807, 2.05) is 6.92 Å². The van der Waals surface area contributed by atoms with E-state index in [1.54, 1.807) is 4.90 Å². The molecule has 0 bridgehead atoms. The maximum Gasteiger partial charge on any atom is 0.311 e. The normalized spacial score (nSPS) is 27.5. The predicted molar refractivity (Wildman–Crippen MR) is 66.0 cm³/mol. The Hall–Kier alpha value is -1.14. The van der Waals surface area contributed by atoms with E-state index in [9.17, 15) is 9.59 Å². The van der Waals surface area contributed by atoms with Gasteiger partial charge < -0.3 is 20.3 Å². The second-order valence-electron chi connectivity index (χ2n) is 4.76. The molecule has 102 valence electrons. The van der Waals surface area contributed by atoms with E-state index in [0.29, 0.717) is 19.7 Å². The lowest BCUT2D eigenvalue weighted by molar-refractivity contribution is -0.147. The van der Waals surface area contributed by atoms with Gasteiger partial charge in [0.2, 0.25) is 0 Å². The molecule has 0 aromatic rings. The number of carbonyl (C=O) groups excluding carboxylic acids is 2. The van der Waals surface area contributed by atoms with Gasteiger partial charge in [-0.2, -0.15) is 0 Å². The summed E-state index contributed by atoms with van der Waals surface area (Å²) in [7, 11) is 0. The Bertz CT molecular complexity index is 310. The number of amides is 2. The summed E-state index contributed by atoms with van der Waals surface area (Å²) in [6.07, 6.45) is 1.87. The summed E-state index contributed by atoms with van der Waals surface area (Å²) in [6, 6.07) is 0.0981. The topological polar surface area (TPSA) is 70.7 Å². The van der Waals surface area contributed by atoms with Crippen molar-refractivity contribution in [1.82, 2.24) is 15.5 Å². The Morgan fingerprint density at radius 3 is 2.61 bits per heavy atom. The zero-order valence-corrected chi connectivity index (χ0v) is 10.8. The summed E-state index contributed by atoms with van der Waals surface area (Å²) in [5, 5.41) is 5.92. The molecular formula is C12H21N3O3. The van der Waals surface area contributed by atoms with Crippen LogP contribution in [0.2, 0.25) is 0 Å². The Labute approximate surface area is 107 Å². The van der Waals surface area contributed by atoms with E-state index < -0.39 is 11.8 Å². The van der Waals surface area contributed by atoms with E-state index >= 15 is 0 Å². The fraction of sp³-hybridized carbons (Fsp3) is 0.833. The van der Waals surface area contributed by atoms with Crippen LogP contribution in [0.5, 0.6) is 0 Å². The Morgan fingerprint density at radius 2 is 2.00 bits per heavy atom. The van der Waals surface area contributed by atoms with Gasteiger partial charge in [-0.15, -0.1) is 0 Å². The average molecular weight is 255 g/mol. The first-order valence-electron chi connectivity index (χ1n) is 6.62. The molecule has 2 aliphatic rings. The van der Waals surface area contributed by atoms with Crippen molar-refractivity contribution in [3.63, 3.8) is 0 Å². The van der Waals surface area contributed by atoms with Gasteiger partial charge in [-0.05, 0) is 19.8 Å². The van der Waals surface area contributed by atoms with E-state index in [-0.39, 0.29) is 12.1 Å². The van der Waals surface area contributed by atoms with Crippen molar-refractivity contribution in [2.45, 2.75) is 31.9 Å². The van der Waals surface area contributed by atoms with Crippen LogP contribution in [0.4, 0.5) is 0 Å². The predicted octanol–water partition coefficient (Wildman–Crippen LogP) is -0.898. The second kappa shape index (κ2) is 6.15. The number of piperazine rings is 1. The smallest absolute Gasteiger partial charge is 0.311 e. The molecule has 0 atom stereocenters. The third kappa shape index (κ3) is 3.20. The van der Waals surface area contributed by atoms with Crippen molar-refractivity contribution in [1.29, 1.82) is 0 Å². The van der Waals surface area contributed by atoms with Crippen LogP contribution in [0.3, 0.4) is 0 Å². The van der Waals surface area contributed by atoms with Gasteiger partial charge in [-0.3, -0.25) is 9.59 Å². The first-order valence-corrected chi connectivity index (χ1v) is 6.62. The highest BCUT2D eigenvalue weighted by Gasteiger charge is 2.33. The summed E-state index contributed by atoms with van der Waals surface area (Å²) in [5.74, 6) is -0.881. The summed E-state index contributed by atoms with van der Waals surface area (Å²) in [4.78, 5) is 25.2. The number of nitrogens with zero attached hydrogens (tertiary/aromatic N) is 1. The van der Waals surface area contributed by atoms with Crippen LogP contribution in [0.1, 0.15) is 19.8 Å². The lowest BCUT2D eigenvalue weighted by atomic mass is 9.89. The molecule has 2 amide bonds. The maximum atomic E-state index is 11.8. The first kappa shape index (κ1) is 13.3. The Kier molecular flexibility index (Phi) is 4.54. The van der Waals surface area contributed by atoms with E-state index in [1.165, 1.54) is 0 Å². The van der Waals surface area contributed by atoms with Gasteiger partial charge in [-0.1, -0.05) is 0 Å². The molecule has 6 heteroatoms. The molecule has 2 N–H and O–H groups in total. The van der Waals surface area contributed by atoms with Crippen LogP contribution in [-0.4, -0.2) is 61.6 Å². The quantitative estimate of drug-likeness (QED) is 0.641. The van der Waals surface area contributed by atoms with Crippen molar-refractivity contribution < 1.29 is 14.3 Å². The summed E-state index contributed by atoms with van der Waals surface area (Å²) < 4.78 is 5.41. The molecular weight excluding hydrogens is 234 g/mol. The fourth-order valence-electron chi connectivity index (χ4n) is 2.31. The van der Waals surface area contributed by atoms with Gasteiger partial charge in [0.25, 0.3) is 0 Å². The summed E-state index contributed by atoms with van der Waals surface area (Å²) in [6.45, 7) is 5.39. The molecule has 0 unspecified atom stereocenters. The minimum atomic E-state index is -0.475. The third-order valence-corrected chi connectivity index (χ3v) is 3.43. The molecule has 2 fully saturated rings. The van der Waals surface area contributed by atoms with Gasteiger partial charge in [0, 0.05) is 38.8 Å². The summed E-state index contributed by atoms with van der Waals surface area (Å²) >= 11 is 0. The number of hydrogen-bond donors (Lipinski definition) is 2. The zero-order chi connectivity index (χ0) is 13.0. The van der Waals surface area contributed by atoms with Crippen molar-refractivity contribution in [3.8, 4) is 0 Å². The molecule has 0 aromatic carbocycles. The third-order valence-electron chi connectivity index (χ3n) is 3.43. The molecule has 0 radical (unpaired) electrons. The number of rotatable bonds is 3. The van der Waals surface area contributed by atoms with Crippen LogP contribution in [0.25, 0.3) is 0 Å². The fourth-order valence-corrected chi connectivity index (χ4v) is 2.31. The Balaban J connectivity index is 1.70. The molecule has 0 aromatic heterocycles. The zero-order valence-electron chi connectivity index (χ0n) is 10.8. The molecule has 18 heavy (non-hydrogen) atoms. The summed E-state index contributed by atoms with van der Waals surface area (Å²) in [5.41, 5.74) is 0. The number of hydrogen-bond acceptors (Lipinski definition) is 4. The average Bonchev–Trinajstić information content (AvgIpc) is 2.36. The largest absolute Gasteiger partial charge is 0.378 e. The number of ether oxygens (including phenoxy) is 1. The van der Waals surface area contributed by atoms with Gasteiger partial charge in [0.15, 0.2) is 0 Å². The maximum absolute atomic E-state index is 11.8. The van der Waals surface area contributed by atoms with Gasteiger partial charge >= 0.3 is 11.8 Å². The molecule has 1 heterocycles. The van der Waals surface area contributed by atoms with Gasteiger partial charge in [-0.25, -0.2) is 0 Å². The monoisotopic (exact) mass is 255 g/mol. The van der Waals surface area contributed by atoms with Crippen LogP contribution in [-0.2, 0) is 14.3 Å². The highest BCUT2D eigenvalue weighted by Crippen LogP contribution is 2.23. The van der Waals surface area contributed by atoms with Gasteiger partial charge in [0.05, 0.1) is 6.10 Å². The SMILES string of the molecule is CCOC1CC(NC(=O)C(=O)N2CCNCC2)C1. The minimum absolute atomic E-state index is 0.0981. The van der Waals surface area contributed by atoms with Crippen molar-refractivity contribution >= 4 is 11.8 Å². The lowest BCUT2D eigenvalue weighted by Gasteiger charge is -2.35. The number of nitrogens with one attached hydrogen (secondary N) is 2. The van der Waals surface area contributed by atoms with Crippen molar-refractivity contribution in [3.05, 3.63) is 0 Å². The molecule has 6 nitrogen and oxygen atoms in total. The van der Waals surface area contributed by atoms with Crippen LogP contribution in [0, 0.1) is 0 Å². The molecule has 2 rings (SSSR count). The standard InChI is InChI=1S/C12H21N3O3/c1-2-18-10-7-9(8-10)14-11(16)12(17)15-5-3-13-4-6-15/h9-10,13H,2-8H2,1H3,(H,14,16). The highest BCUT2D eigenvalue weighted by atomic mass is 16.5. The van der Waals surface area contributed by atoms with Crippen LogP contribution >= 0.6 is 0 Å². The van der Waals surface area contributed by atoms with Crippen molar-refractivity contribution in [2.75, 3.05) is 32.8 Å². The van der Waals surface area contributed by atoms with Crippen LogP contribution < -0.4 is 10.6 Å².